The summed E-state index contributed by atoms with van der Waals surface area (Å²) in [6.45, 7) is 0. The highest BCUT2D eigenvalue weighted by Gasteiger charge is 1.99. The third-order valence-corrected chi connectivity index (χ3v) is 1.57. The first kappa shape index (κ1) is 8.30. The van der Waals surface area contributed by atoms with Crippen LogP contribution >= 0.6 is 23.2 Å². The molecule has 0 aromatic carbocycles. The SMILES string of the molecule is O/N=C(\Cl)c1ccc(Cl)nc1. The summed E-state index contributed by atoms with van der Waals surface area (Å²) in [5, 5.41) is 11.4. The van der Waals surface area contributed by atoms with Crippen molar-refractivity contribution < 1.29 is 5.21 Å². The number of hydrogen-bond acceptors (Lipinski definition) is 3. The Morgan fingerprint density at radius 1 is 1.55 bits per heavy atom. The molecular formula is C6H4Cl2N2O. The van der Waals surface area contributed by atoms with Crippen molar-refractivity contribution in [2.24, 2.45) is 5.16 Å². The summed E-state index contributed by atoms with van der Waals surface area (Å²) in [6, 6.07) is 3.17. The predicted octanol–water partition coefficient (Wildman–Crippen LogP) is 2.11. The Labute approximate surface area is 73.3 Å². The standard InChI is InChI=1S/C6H4Cl2N2O/c7-5-2-1-4(3-9-5)6(8)10-11/h1-3,11H/b10-6-. The van der Waals surface area contributed by atoms with Gasteiger partial charge in [0.25, 0.3) is 0 Å². The Kier molecular flexibility index (Phi) is 2.68. The molecule has 1 rings (SSSR count). The first-order valence-electron chi connectivity index (χ1n) is 2.73. The van der Waals surface area contributed by atoms with Gasteiger partial charge in [-0.05, 0) is 12.1 Å². The van der Waals surface area contributed by atoms with Crippen LogP contribution < -0.4 is 0 Å². The average molecular weight is 191 g/mol. The number of halogens is 2. The molecular weight excluding hydrogens is 187 g/mol. The number of nitrogens with zero attached hydrogens (tertiary/aromatic N) is 2. The zero-order valence-electron chi connectivity index (χ0n) is 5.33. The van der Waals surface area contributed by atoms with Crippen LogP contribution in [0.15, 0.2) is 23.5 Å². The van der Waals surface area contributed by atoms with Gasteiger partial charge in [-0.2, -0.15) is 0 Å². The first-order chi connectivity index (χ1) is 5.24. The molecule has 0 atom stereocenters. The highest BCUT2D eigenvalue weighted by Crippen LogP contribution is 2.07. The minimum atomic E-state index is -0.00540. The lowest BCUT2D eigenvalue weighted by atomic mass is 10.3. The zero-order valence-corrected chi connectivity index (χ0v) is 6.84. The second-order valence-corrected chi connectivity index (χ2v) is 2.51. The van der Waals surface area contributed by atoms with Gasteiger partial charge in [0.1, 0.15) is 5.15 Å². The summed E-state index contributed by atoms with van der Waals surface area (Å²) < 4.78 is 0. The number of pyridine rings is 1. The molecule has 1 N–H and O–H groups in total. The summed E-state index contributed by atoms with van der Waals surface area (Å²) >= 11 is 11.0. The van der Waals surface area contributed by atoms with Crippen LogP contribution in [0.2, 0.25) is 5.15 Å². The van der Waals surface area contributed by atoms with Crippen LogP contribution in [0.1, 0.15) is 5.56 Å². The van der Waals surface area contributed by atoms with Gasteiger partial charge in [0.15, 0.2) is 5.17 Å². The fourth-order valence-corrected chi connectivity index (χ4v) is 0.779. The van der Waals surface area contributed by atoms with E-state index < -0.39 is 0 Å². The van der Waals surface area contributed by atoms with Gasteiger partial charge >= 0.3 is 0 Å². The van der Waals surface area contributed by atoms with Crippen LogP contribution in [0.4, 0.5) is 0 Å². The van der Waals surface area contributed by atoms with Gasteiger partial charge < -0.3 is 5.21 Å². The average Bonchev–Trinajstić information content (AvgIpc) is 2.05. The Hall–Kier alpha value is -0.800. The van der Waals surface area contributed by atoms with E-state index >= 15 is 0 Å². The van der Waals surface area contributed by atoms with Crippen molar-refractivity contribution in [2.75, 3.05) is 0 Å². The van der Waals surface area contributed by atoms with Crippen molar-refractivity contribution in [1.29, 1.82) is 0 Å². The highest BCUT2D eigenvalue weighted by atomic mass is 35.5. The van der Waals surface area contributed by atoms with Crippen molar-refractivity contribution in [3.05, 3.63) is 29.0 Å². The molecule has 0 aliphatic carbocycles. The first-order valence-corrected chi connectivity index (χ1v) is 3.49. The number of oxime groups is 1. The summed E-state index contributed by atoms with van der Waals surface area (Å²) in [5.41, 5.74) is 0.526. The van der Waals surface area contributed by atoms with E-state index in [4.69, 9.17) is 28.4 Å². The molecule has 1 heterocycles. The molecule has 0 fully saturated rings. The highest BCUT2D eigenvalue weighted by molar-refractivity contribution is 6.69. The van der Waals surface area contributed by atoms with Crippen LogP contribution in [0.3, 0.4) is 0 Å². The van der Waals surface area contributed by atoms with E-state index in [1.807, 2.05) is 0 Å². The molecule has 0 unspecified atom stereocenters. The molecule has 1 aromatic heterocycles. The quantitative estimate of drug-likeness (QED) is 0.319. The van der Waals surface area contributed by atoms with E-state index in [1.54, 1.807) is 12.1 Å². The smallest absolute Gasteiger partial charge is 0.176 e. The monoisotopic (exact) mass is 190 g/mol. The summed E-state index contributed by atoms with van der Waals surface area (Å²) in [7, 11) is 0. The number of rotatable bonds is 1. The largest absolute Gasteiger partial charge is 0.410 e. The Balaban J connectivity index is 2.99. The van der Waals surface area contributed by atoms with Gasteiger partial charge in [0.2, 0.25) is 0 Å². The molecule has 0 saturated carbocycles. The molecule has 0 saturated heterocycles. The van der Waals surface area contributed by atoms with Crippen molar-refractivity contribution in [3.8, 4) is 0 Å². The number of hydrogen-bond donors (Lipinski definition) is 1. The lowest BCUT2D eigenvalue weighted by molar-refractivity contribution is 0.321. The van der Waals surface area contributed by atoms with Crippen LogP contribution in [-0.4, -0.2) is 15.4 Å². The third kappa shape index (κ3) is 2.06. The Morgan fingerprint density at radius 2 is 2.27 bits per heavy atom. The van der Waals surface area contributed by atoms with E-state index in [2.05, 4.69) is 10.1 Å². The maximum Gasteiger partial charge on any atom is 0.176 e. The van der Waals surface area contributed by atoms with Crippen molar-refractivity contribution in [2.45, 2.75) is 0 Å². The number of aromatic nitrogens is 1. The Morgan fingerprint density at radius 3 is 2.73 bits per heavy atom. The molecule has 3 nitrogen and oxygen atoms in total. The van der Waals surface area contributed by atoms with Crippen molar-refractivity contribution in [3.63, 3.8) is 0 Å². The molecule has 0 aliphatic rings. The molecule has 0 bridgehead atoms. The van der Waals surface area contributed by atoms with Crippen LogP contribution in [-0.2, 0) is 0 Å². The lowest BCUT2D eigenvalue weighted by Gasteiger charge is -1.93. The molecule has 1 aromatic rings. The van der Waals surface area contributed by atoms with Crippen molar-refractivity contribution >= 4 is 28.4 Å². The molecule has 0 aliphatic heterocycles. The van der Waals surface area contributed by atoms with Crippen LogP contribution in [0.5, 0.6) is 0 Å². The second kappa shape index (κ2) is 3.55. The molecule has 0 spiro atoms. The minimum Gasteiger partial charge on any atom is -0.410 e. The van der Waals surface area contributed by atoms with E-state index in [1.165, 1.54) is 6.20 Å². The molecule has 0 amide bonds. The molecule has 0 radical (unpaired) electrons. The maximum atomic E-state index is 8.25. The predicted molar refractivity (Wildman–Crippen MR) is 43.4 cm³/mol. The van der Waals surface area contributed by atoms with E-state index in [9.17, 15) is 0 Å². The van der Waals surface area contributed by atoms with Gasteiger partial charge in [0, 0.05) is 11.8 Å². The Bertz CT molecular complexity index is 270. The van der Waals surface area contributed by atoms with Gasteiger partial charge in [-0.3, -0.25) is 0 Å². The fraction of sp³-hybridized carbons (Fsp3) is 0. The maximum absolute atomic E-state index is 8.25. The summed E-state index contributed by atoms with van der Waals surface area (Å²) in [5.74, 6) is 0. The van der Waals surface area contributed by atoms with Crippen molar-refractivity contribution in [1.82, 2.24) is 4.98 Å². The van der Waals surface area contributed by atoms with Crippen LogP contribution in [0.25, 0.3) is 0 Å². The van der Waals surface area contributed by atoms with E-state index in [0.717, 1.165) is 0 Å². The summed E-state index contributed by atoms with van der Waals surface area (Å²) in [6.07, 6.45) is 1.42. The fourth-order valence-electron chi connectivity index (χ4n) is 0.556. The molecule has 5 heteroatoms. The molecule has 58 valence electrons. The second-order valence-electron chi connectivity index (χ2n) is 1.76. The van der Waals surface area contributed by atoms with Crippen LogP contribution in [0, 0.1) is 0 Å². The van der Waals surface area contributed by atoms with E-state index in [-0.39, 0.29) is 5.17 Å². The lowest BCUT2D eigenvalue weighted by Crippen LogP contribution is -1.91. The van der Waals surface area contributed by atoms with Gasteiger partial charge in [0.05, 0.1) is 0 Å². The zero-order chi connectivity index (χ0) is 8.27. The topological polar surface area (TPSA) is 45.5 Å². The third-order valence-electron chi connectivity index (χ3n) is 1.05. The molecule has 11 heavy (non-hydrogen) atoms. The van der Waals surface area contributed by atoms with Gasteiger partial charge in [-0.25, -0.2) is 4.98 Å². The van der Waals surface area contributed by atoms with Gasteiger partial charge in [-0.1, -0.05) is 28.4 Å². The van der Waals surface area contributed by atoms with Gasteiger partial charge in [-0.15, -0.1) is 0 Å². The summed E-state index contributed by atoms with van der Waals surface area (Å²) in [4.78, 5) is 3.74. The minimum absolute atomic E-state index is 0.00540. The van der Waals surface area contributed by atoms with E-state index in [0.29, 0.717) is 10.7 Å². The normalized spacial score (nSPS) is 11.6.